The fraction of sp³-hybridized carbons (Fsp3) is 0.647. The van der Waals surface area contributed by atoms with E-state index in [1.54, 1.807) is 18.0 Å². The number of likely N-dealkylation sites (tertiary alicyclic amines) is 1. The molecule has 2 aliphatic heterocycles. The number of aryl methyl sites for hydroxylation is 2. The molecule has 2 fully saturated rings. The minimum Gasteiger partial charge on any atom is -0.380 e. The molecular formula is C17H24N6O2. The second-order valence-corrected chi connectivity index (χ2v) is 6.89. The maximum Gasteiger partial charge on any atom is 0.245 e. The molecule has 0 aliphatic carbocycles. The van der Waals surface area contributed by atoms with E-state index in [0.29, 0.717) is 18.8 Å². The maximum absolute atomic E-state index is 13.1. The van der Waals surface area contributed by atoms with Crippen molar-refractivity contribution in [1.29, 1.82) is 0 Å². The molecule has 1 amide bonds. The lowest BCUT2D eigenvalue weighted by molar-refractivity contribution is -0.131. The average Bonchev–Trinajstić information content (AvgIpc) is 3.34. The van der Waals surface area contributed by atoms with Crippen molar-refractivity contribution in [2.75, 3.05) is 31.6 Å². The summed E-state index contributed by atoms with van der Waals surface area (Å²) in [6.07, 6.45) is 4.67. The first-order valence-corrected chi connectivity index (χ1v) is 8.83. The van der Waals surface area contributed by atoms with Crippen LogP contribution in [0, 0.1) is 6.92 Å². The largest absolute Gasteiger partial charge is 0.380 e. The number of ether oxygens (including phenoxy) is 1. The van der Waals surface area contributed by atoms with Gasteiger partial charge in [0.1, 0.15) is 17.7 Å². The van der Waals surface area contributed by atoms with Crippen molar-refractivity contribution in [2.24, 2.45) is 7.05 Å². The summed E-state index contributed by atoms with van der Waals surface area (Å²) in [5, 5.41) is 5.20. The van der Waals surface area contributed by atoms with Gasteiger partial charge in [-0.15, -0.1) is 0 Å². The zero-order valence-electron chi connectivity index (χ0n) is 15.0. The fourth-order valence-corrected chi connectivity index (χ4v) is 3.92. The van der Waals surface area contributed by atoms with Gasteiger partial charge >= 0.3 is 0 Å². The summed E-state index contributed by atoms with van der Waals surface area (Å²) in [5.41, 5.74) is 0.788. The highest BCUT2D eigenvalue weighted by Crippen LogP contribution is 2.32. The third kappa shape index (κ3) is 2.74. The smallest absolute Gasteiger partial charge is 0.245 e. The molecule has 0 bridgehead atoms. The second-order valence-electron chi connectivity index (χ2n) is 6.89. The number of anilines is 1. The Hall–Kier alpha value is -2.22. The van der Waals surface area contributed by atoms with E-state index in [1.165, 1.54) is 0 Å². The van der Waals surface area contributed by atoms with E-state index in [2.05, 4.69) is 20.0 Å². The summed E-state index contributed by atoms with van der Waals surface area (Å²) < 4.78 is 7.32. The number of hydrogen-bond acceptors (Lipinski definition) is 6. The van der Waals surface area contributed by atoms with Gasteiger partial charge in [-0.05, 0) is 19.8 Å². The van der Waals surface area contributed by atoms with E-state index >= 15 is 0 Å². The van der Waals surface area contributed by atoms with Gasteiger partial charge in [0.25, 0.3) is 0 Å². The van der Waals surface area contributed by atoms with Crippen LogP contribution in [0.4, 0.5) is 5.82 Å². The highest BCUT2D eigenvalue weighted by Gasteiger charge is 2.41. The number of amides is 1. The van der Waals surface area contributed by atoms with Crippen LogP contribution in [-0.2, 0) is 16.6 Å². The topological polar surface area (TPSA) is 76.4 Å². The van der Waals surface area contributed by atoms with Crippen molar-refractivity contribution < 1.29 is 9.53 Å². The Morgan fingerprint density at radius 3 is 2.76 bits per heavy atom. The molecule has 0 spiro atoms. The minimum absolute atomic E-state index is 0.0264. The molecule has 2 aromatic heterocycles. The Morgan fingerprint density at radius 1 is 1.28 bits per heavy atom. The number of carbonyl (C=O) groups is 1. The molecule has 0 saturated carbocycles. The molecule has 0 unspecified atom stereocenters. The number of aromatic nitrogens is 4. The van der Waals surface area contributed by atoms with Crippen LogP contribution >= 0.6 is 0 Å². The van der Waals surface area contributed by atoms with Gasteiger partial charge < -0.3 is 14.5 Å². The van der Waals surface area contributed by atoms with E-state index in [0.717, 1.165) is 42.8 Å². The highest BCUT2D eigenvalue weighted by atomic mass is 16.5. The van der Waals surface area contributed by atoms with Crippen LogP contribution in [-0.4, -0.2) is 69.4 Å². The van der Waals surface area contributed by atoms with Gasteiger partial charge in [0.15, 0.2) is 5.65 Å². The van der Waals surface area contributed by atoms with Gasteiger partial charge in [0, 0.05) is 40.2 Å². The van der Waals surface area contributed by atoms with E-state index < -0.39 is 0 Å². The van der Waals surface area contributed by atoms with Gasteiger partial charge in [-0.2, -0.15) is 5.10 Å². The van der Waals surface area contributed by atoms with Crippen molar-refractivity contribution in [1.82, 2.24) is 24.6 Å². The molecule has 2 aromatic rings. The first-order valence-electron chi connectivity index (χ1n) is 8.83. The van der Waals surface area contributed by atoms with E-state index in [1.807, 2.05) is 18.9 Å². The molecule has 8 nitrogen and oxygen atoms in total. The maximum atomic E-state index is 13.1. The van der Waals surface area contributed by atoms with E-state index in [-0.39, 0.29) is 18.1 Å². The first kappa shape index (κ1) is 16.3. The molecule has 0 N–H and O–H groups in total. The Morgan fingerprint density at radius 2 is 2.04 bits per heavy atom. The summed E-state index contributed by atoms with van der Waals surface area (Å²) in [6.45, 7) is 4.23. The number of rotatable bonds is 3. The summed E-state index contributed by atoms with van der Waals surface area (Å²) in [5.74, 6) is 1.65. The van der Waals surface area contributed by atoms with Crippen molar-refractivity contribution in [3.05, 3.63) is 12.0 Å². The summed E-state index contributed by atoms with van der Waals surface area (Å²) >= 11 is 0. The molecule has 4 rings (SSSR count). The fourth-order valence-electron chi connectivity index (χ4n) is 3.92. The molecule has 134 valence electrons. The van der Waals surface area contributed by atoms with Crippen LogP contribution in [0.2, 0.25) is 0 Å². The number of methoxy groups -OCH3 is 1. The van der Waals surface area contributed by atoms with Gasteiger partial charge in [0.05, 0.1) is 17.7 Å². The van der Waals surface area contributed by atoms with Gasteiger partial charge in [-0.3, -0.25) is 9.48 Å². The van der Waals surface area contributed by atoms with Crippen LogP contribution in [0.15, 0.2) is 6.20 Å². The first-order chi connectivity index (χ1) is 12.1. The molecule has 4 heterocycles. The number of carbonyl (C=O) groups excluding carboxylic acids is 1. The average molecular weight is 344 g/mol. The standard InChI is InChI=1S/C17H24N6O2/c1-11-19-15-13(9-18-21(15)2)16(20-11)23-10-12(25-3)8-14(23)17(24)22-6-4-5-7-22/h9,12,14H,4-8,10H2,1-3H3/t12-,14-/m0/s1. The highest BCUT2D eigenvalue weighted by molar-refractivity contribution is 5.92. The molecular weight excluding hydrogens is 320 g/mol. The SMILES string of the molecule is CO[C@H]1C[C@@H](C(=O)N2CCCC2)N(c2nc(C)nc3c2cnn3C)C1. The van der Waals surface area contributed by atoms with Crippen LogP contribution in [0.5, 0.6) is 0 Å². The lowest BCUT2D eigenvalue weighted by Gasteiger charge is -2.28. The molecule has 2 saturated heterocycles. The van der Waals surface area contributed by atoms with Crippen molar-refractivity contribution in [3.8, 4) is 0 Å². The molecule has 25 heavy (non-hydrogen) atoms. The Balaban J connectivity index is 1.75. The predicted molar refractivity (Wildman–Crippen MR) is 93.4 cm³/mol. The van der Waals surface area contributed by atoms with Crippen molar-refractivity contribution in [2.45, 2.75) is 38.3 Å². The Bertz CT molecular complexity index is 798. The number of fused-ring (bicyclic) bond motifs is 1. The van der Waals surface area contributed by atoms with Crippen molar-refractivity contribution >= 4 is 22.8 Å². The van der Waals surface area contributed by atoms with E-state index in [9.17, 15) is 4.79 Å². The third-order valence-electron chi connectivity index (χ3n) is 5.25. The lowest BCUT2D eigenvalue weighted by atomic mass is 10.1. The van der Waals surface area contributed by atoms with Gasteiger partial charge in [-0.25, -0.2) is 9.97 Å². The lowest BCUT2D eigenvalue weighted by Crippen LogP contribution is -2.45. The van der Waals surface area contributed by atoms with Crippen LogP contribution < -0.4 is 4.90 Å². The van der Waals surface area contributed by atoms with Crippen LogP contribution in [0.1, 0.15) is 25.1 Å². The summed E-state index contributed by atoms with van der Waals surface area (Å²) in [4.78, 5) is 26.3. The molecule has 0 aromatic carbocycles. The molecule has 2 aliphatic rings. The monoisotopic (exact) mass is 344 g/mol. The number of hydrogen-bond donors (Lipinski definition) is 0. The number of nitrogens with zero attached hydrogens (tertiary/aromatic N) is 6. The van der Waals surface area contributed by atoms with Gasteiger partial charge in [-0.1, -0.05) is 0 Å². The Kier molecular flexibility index (Phi) is 4.07. The minimum atomic E-state index is -0.235. The second kappa shape index (κ2) is 6.25. The van der Waals surface area contributed by atoms with Crippen molar-refractivity contribution in [3.63, 3.8) is 0 Å². The van der Waals surface area contributed by atoms with E-state index in [4.69, 9.17) is 4.74 Å². The Labute approximate surface area is 146 Å². The molecule has 0 radical (unpaired) electrons. The molecule has 8 heteroatoms. The predicted octanol–water partition coefficient (Wildman–Crippen LogP) is 0.888. The van der Waals surface area contributed by atoms with Crippen LogP contribution in [0.3, 0.4) is 0 Å². The molecule has 2 atom stereocenters. The zero-order chi connectivity index (χ0) is 17.6. The normalized spacial score (nSPS) is 23.8. The summed E-state index contributed by atoms with van der Waals surface area (Å²) in [7, 11) is 3.57. The zero-order valence-corrected chi connectivity index (χ0v) is 15.0. The third-order valence-corrected chi connectivity index (χ3v) is 5.25. The summed E-state index contributed by atoms with van der Waals surface area (Å²) in [6, 6.07) is -0.235. The van der Waals surface area contributed by atoms with Gasteiger partial charge in [0.2, 0.25) is 5.91 Å². The van der Waals surface area contributed by atoms with Crippen LogP contribution in [0.25, 0.3) is 11.0 Å². The quantitative estimate of drug-likeness (QED) is 0.823.